The molecule has 0 radical (unpaired) electrons. The Morgan fingerprint density at radius 1 is 1.04 bits per heavy atom. The van der Waals surface area contributed by atoms with Crippen LogP contribution in [0.5, 0.6) is 5.75 Å². The highest BCUT2D eigenvalue weighted by atomic mass is 19.4. The molecule has 1 amide bonds. The lowest BCUT2D eigenvalue weighted by atomic mass is 10.1. The molecule has 0 saturated carbocycles. The molecule has 5 nitrogen and oxygen atoms in total. The number of hydrogen-bond donors (Lipinski definition) is 1. The topological polar surface area (TPSA) is 66.8 Å². The van der Waals surface area contributed by atoms with E-state index in [4.69, 9.17) is 9.84 Å². The first-order valence-corrected chi connectivity index (χ1v) is 8.09. The second kappa shape index (κ2) is 9.07. The molecule has 144 valence electrons. The van der Waals surface area contributed by atoms with Crippen LogP contribution in [-0.4, -0.2) is 41.2 Å². The maximum Gasteiger partial charge on any atom is 0.390 e. The third-order valence-corrected chi connectivity index (χ3v) is 3.61. The summed E-state index contributed by atoms with van der Waals surface area (Å²) in [5, 5.41) is 8.65. The summed E-state index contributed by atoms with van der Waals surface area (Å²) in [6.45, 7) is -1.05. The van der Waals surface area contributed by atoms with Gasteiger partial charge >= 0.3 is 12.1 Å². The van der Waals surface area contributed by atoms with Crippen LogP contribution in [-0.2, 0) is 11.3 Å². The van der Waals surface area contributed by atoms with Gasteiger partial charge in [0.15, 0.2) is 6.61 Å². The fourth-order valence-electron chi connectivity index (χ4n) is 2.36. The number of amides is 1. The molecular formula is C19H18F3NO4. The molecule has 0 saturated heterocycles. The SMILES string of the molecule is O=C(O)COc1cccc(C(=O)N(CCC(F)(F)F)Cc2ccccc2)c1. The zero-order chi connectivity index (χ0) is 19.9. The van der Waals surface area contributed by atoms with Gasteiger partial charge in [0.25, 0.3) is 5.91 Å². The van der Waals surface area contributed by atoms with Crippen LogP contribution < -0.4 is 4.74 Å². The van der Waals surface area contributed by atoms with Crippen LogP contribution in [0.3, 0.4) is 0 Å². The smallest absolute Gasteiger partial charge is 0.390 e. The van der Waals surface area contributed by atoms with Gasteiger partial charge in [0.1, 0.15) is 5.75 Å². The second-order valence-corrected chi connectivity index (χ2v) is 5.79. The van der Waals surface area contributed by atoms with E-state index in [1.165, 1.54) is 24.3 Å². The predicted molar refractivity (Wildman–Crippen MR) is 91.4 cm³/mol. The van der Waals surface area contributed by atoms with E-state index in [2.05, 4.69) is 0 Å². The first kappa shape index (κ1) is 20.3. The van der Waals surface area contributed by atoms with Crippen LogP contribution in [0.2, 0.25) is 0 Å². The minimum atomic E-state index is -4.39. The number of carboxylic acids is 1. The zero-order valence-electron chi connectivity index (χ0n) is 14.3. The van der Waals surface area contributed by atoms with Crippen molar-refractivity contribution in [1.82, 2.24) is 4.90 Å². The third kappa shape index (κ3) is 7.01. The van der Waals surface area contributed by atoms with Crippen LogP contribution in [0, 0.1) is 0 Å². The van der Waals surface area contributed by atoms with Crippen LogP contribution in [0.4, 0.5) is 13.2 Å². The van der Waals surface area contributed by atoms with Crippen molar-refractivity contribution in [1.29, 1.82) is 0 Å². The first-order chi connectivity index (χ1) is 12.7. The highest BCUT2D eigenvalue weighted by Crippen LogP contribution is 2.22. The largest absolute Gasteiger partial charge is 0.482 e. The molecule has 2 aromatic carbocycles. The number of nitrogens with zero attached hydrogens (tertiary/aromatic N) is 1. The van der Waals surface area contributed by atoms with Gasteiger partial charge in [-0.05, 0) is 23.8 Å². The Kier molecular flexibility index (Phi) is 6.81. The monoisotopic (exact) mass is 381 g/mol. The molecule has 0 aliphatic rings. The molecule has 0 aromatic heterocycles. The van der Waals surface area contributed by atoms with Gasteiger partial charge in [0.2, 0.25) is 0 Å². The Labute approximate surface area is 154 Å². The second-order valence-electron chi connectivity index (χ2n) is 5.79. The summed E-state index contributed by atoms with van der Waals surface area (Å²) in [7, 11) is 0. The third-order valence-electron chi connectivity index (χ3n) is 3.61. The number of carbonyl (C=O) groups excluding carboxylic acids is 1. The van der Waals surface area contributed by atoms with Gasteiger partial charge in [-0.3, -0.25) is 4.79 Å². The fourth-order valence-corrected chi connectivity index (χ4v) is 2.36. The molecule has 0 aliphatic heterocycles. The summed E-state index contributed by atoms with van der Waals surface area (Å²) in [6, 6.07) is 14.4. The molecule has 2 rings (SSSR count). The number of halogens is 3. The lowest BCUT2D eigenvalue weighted by Gasteiger charge is -2.24. The lowest BCUT2D eigenvalue weighted by Crippen LogP contribution is -2.33. The standard InChI is InChI=1S/C19H18F3NO4/c20-19(21,22)9-10-23(12-14-5-2-1-3-6-14)18(26)15-7-4-8-16(11-15)27-13-17(24)25/h1-8,11H,9-10,12-13H2,(H,24,25). The number of hydrogen-bond acceptors (Lipinski definition) is 3. The molecule has 0 bridgehead atoms. The van der Waals surface area contributed by atoms with Crippen LogP contribution in [0.1, 0.15) is 22.3 Å². The van der Waals surface area contributed by atoms with Crippen LogP contribution >= 0.6 is 0 Å². The summed E-state index contributed by atoms with van der Waals surface area (Å²) >= 11 is 0. The van der Waals surface area contributed by atoms with Crippen molar-refractivity contribution in [3.63, 3.8) is 0 Å². The van der Waals surface area contributed by atoms with E-state index in [0.29, 0.717) is 5.56 Å². The van der Waals surface area contributed by atoms with Crippen molar-refractivity contribution in [3.8, 4) is 5.75 Å². The van der Waals surface area contributed by atoms with Gasteiger partial charge in [-0.15, -0.1) is 0 Å². The Hall–Kier alpha value is -3.03. The molecule has 0 atom stereocenters. The molecule has 0 unspecified atom stereocenters. The molecular weight excluding hydrogens is 363 g/mol. The molecule has 1 N–H and O–H groups in total. The van der Waals surface area contributed by atoms with Gasteiger partial charge in [0.05, 0.1) is 6.42 Å². The van der Waals surface area contributed by atoms with Gasteiger partial charge in [-0.1, -0.05) is 36.4 Å². The normalized spacial score (nSPS) is 11.1. The van der Waals surface area contributed by atoms with E-state index in [0.717, 1.165) is 4.90 Å². The number of carboxylic acid groups (broad SMARTS) is 1. The molecule has 0 fully saturated rings. The molecule has 0 aliphatic carbocycles. The number of benzene rings is 2. The van der Waals surface area contributed by atoms with Gasteiger partial charge in [-0.2, -0.15) is 13.2 Å². The van der Waals surface area contributed by atoms with Crippen LogP contribution in [0.15, 0.2) is 54.6 Å². The highest BCUT2D eigenvalue weighted by molar-refractivity contribution is 5.94. The summed E-state index contributed by atoms with van der Waals surface area (Å²) in [6.07, 6.45) is -5.51. The van der Waals surface area contributed by atoms with Crippen molar-refractivity contribution in [2.75, 3.05) is 13.2 Å². The van der Waals surface area contributed by atoms with E-state index >= 15 is 0 Å². The summed E-state index contributed by atoms with van der Waals surface area (Å²) in [5.41, 5.74) is 0.822. The average molecular weight is 381 g/mol. The predicted octanol–water partition coefficient (Wildman–Crippen LogP) is 3.74. The van der Waals surface area contributed by atoms with E-state index in [9.17, 15) is 22.8 Å². The summed E-state index contributed by atoms with van der Waals surface area (Å²) in [5.74, 6) is -1.62. The van der Waals surface area contributed by atoms with Crippen LogP contribution in [0.25, 0.3) is 0 Å². The minimum absolute atomic E-state index is 0.0238. The van der Waals surface area contributed by atoms with Gasteiger partial charge in [0, 0.05) is 18.7 Å². The number of alkyl halides is 3. The zero-order valence-corrected chi connectivity index (χ0v) is 14.3. The minimum Gasteiger partial charge on any atom is -0.482 e. The van der Waals surface area contributed by atoms with E-state index in [1.54, 1.807) is 30.3 Å². The van der Waals surface area contributed by atoms with Crippen molar-refractivity contribution in [3.05, 3.63) is 65.7 Å². The number of ether oxygens (including phenoxy) is 1. The first-order valence-electron chi connectivity index (χ1n) is 8.09. The Balaban J connectivity index is 2.19. The molecule has 27 heavy (non-hydrogen) atoms. The van der Waals surface area contributed by atoms with Crippen molar-refractivity contribution >= 4 is 11.9 Å². The van der Waals surface area contributed by atoms with Crippen molar-refractivity contribution in [2.45, 2.75) is 19.1 Å². The molecule has 0 heterocycles. The number of aliphatic carboxylic acids is 1. The molecule has 8 heteroatoms. The highest BCUT2D eigenvalue weighted by Gasteiger charge is 2.29. The maximum absolute atomic E-state index is 12.7. The lowest BCUT2D eigenvalue weighted by molar-refractivity contribution is -0.139. The van der Waals surface area contributed by atoms with E-state index in [1.807, 2.05) is 0 Å². The quantitative estimate of drug-likeness (QED) is 0.756. The van der Waals surface area contributed by atoms with Gasteiger partial charge < -0.3 is 14.7 Å². The Morgan fingerprint density at radius 2 is 1.74 bits per heavy atom. The number of carbonyl (C=O) groups is 2. The Bertz CT molecular complexity index is 778. The van der Waals surface area contributed by atoms with Crippen molar-refractivity contribution in [2.24, 2.45) is 0 Å². The summed E-state index contributed by atoms with van der Waals surface area (Å²) in [4.78, 5) is 24.4. The molecule has 2 aromatic rings. The number of rotatable bonds is 8. The van der Waals surface area contributed by atoms with E-state index in [-0.39, 0.29) is 17.9 Å². The average Bonchev–Trinajstić information content (AvgIpc) is 2.63. The molecule has 0 spiro atoms. The van der Waals surface area contributed by atoms with E-state index < -0.39 is 37.6 Å². The maximum atomic E-state index is 12.7. The Morgan fingerprint density at radius 3 is 2.37 bits per heavy atom. The summed E-state index contributed by atoms with van der Waals surface area (Å²) < 4.78 is 43.0. The van der Waals surface area contributed by atoms with Crippen molar-refractivity contribution < 1.29 is 32.6 Å². The fraction of sp³-hybridized carbons (Fsp3) is 0.263. The van der Waals surface area contributed by atoms with Gasteiger partial charge in [-0.25, -0.2) is 4.79 Å².